The summed E-state index contributed by atoms with van der Waals surface area (Å²) in [4.78, 5) is 61.1. The third kappa shape index (κ3) is 8.45. The van der Waals surface area contributed by atoms with E-state index in [4.69, 9.17) is 11.6 Å². The molecule has 1 atom stereocenters. The van der Waals surface area contributed by atoms with Crippen molar-refractivity contribution in [3.63, 3.8) is 0 Å². The Balaban J connectivity index is 1.09. The molecule has 11 nitrogen and oxygen atoms in total. The number of urea groups is 2. The van der Waals surface area contributed by atoms with Gasteiger partial charge in [0.25, 0.3) is 0 Å². The monoisotopic (exact) mass is 717 g/mol. The van der Waals surface area contributed by atoms with Crippen molar-refractivity contribution in [2.75, 3.05) is 49.9 Å². The van der Waals surface area contributed by atoms with Gasteiger partial charge in [0.05, 0.1) is 17.0 Å². The highest BCUT2D eigenvalue weighted by Gasteiger charge is 2.37. The highest BCUT2D eigenvalue weighted by atomic mass is 35.5. The third-order valence-electron chi connectivity index (χ3n) is 10.3. The molecule has 6 amide bonds. The highest BCUT2D eigenvalue weighted by Crippen LogP contribution is 2.36. The fourth-order valence-corrected chi connectivity index (χ4v) is 7.77. The molecule has 0 aliphatic carbocycles. The number of likely N-dealkylation sites (tertiary alicyclic amines) is 3. The number of carbonyl (C=O) groups is 4. The highest BCUT2D eigenvalue weighted by molar-refractivity contribution is 6.31. The zero-order chi connectivity index (χ0) is 35.4. The lowest BCUT2D eigenvalue weighted by atomic mass is 9.98. The van der Waals surface area contributed by atoms with E-state index in [-0.39, 0.29) is 30.1 Å². The van der Waals surface area contributed by atoms with Gasteiger partial charge in [-0.15, -0.1) is 0 Å². The molecule has 2 aromatic rings. The van der Waals surface area contributed by atoms with Gasteiger partial charge in [0.2, 0.25) is 11.8 Å². The van der Waals surface area contributed by atoms with Crippen molar-refractivity contribution in [3.8, 4) is 0 Å². The molecule has 0 spiro atoms. The molecule has 2 aromatic carbocycles. The first kappa shape index (κ1) is 35.8. The van der Waals surface area contributed by atoms with Crippen molar-refractivity contribution < 1.29 is 32.3 Å². The number of para-hydroxylation sites is 1. The van der Waals surface area contributed by atoms with Gasteiger partial charge in [0.1, 0.15) is 6.04 Å². The fourth-order valence-electron chi connectivity index (χ4n) is 7.55. The van der Waals surface area contributed by atoms with Gasteiger partial charge in [-0.2, -0.15) is 13.2 Å². The first-order valence-corrected chi connectivity index (χ1v) is 17.7. The Kier molecular flexibility index (Phi) is 11.1. The average molecular weight is 718 g/mol. The molecule has 4 heterocycles. The Morgan fingerprint density at radius 1 is 0.880 bits per heavy atom. The van der Waals surface area contributed by atoms with Crippen LogP contribution in [-0.4, -0.2) is 101 Å². The van der Waals surface area contributed by atoms with Gasteiger partial charge in [0.15, 0.2) is 0 Å². The zero-order valence-electron chi connectivity index (χ0n) is 27.8. The van der Waals surface area contributed by atoms with Crippen LogP contribution in [0.15, 0.2) is 42.5 Å². The fraction of sp³-hybridized carbons (Fsp3) is 0.543. The number of fused-ring (bicyclic) bond motifs is 1. The summed E-state index contributed by atoms with van der Waals surface area (Å²) in [5, 5.41) is 7.38. The van der Waals surface area contributed by atoms with E-state index in [1.54, 1.807) is 14.7 Å². The van der Waals surface area contributed by atoms with E-state index < -0.39 is 34.7 Å². The van der Waals surface area contributed by atoms with E-state index in [2.05, 4.69) is 20.9 Å². The maximum absolute atomic E-state index is 13.9. The topological polar surface area (TPSA) is 117 Å². The summed E-state index contributed by atoms with van der Waals surface area (Å²) in [6, 6.07) is 8.60. The lowest BCUT2D eigenvalue weighted by Gasteiger charge is -2.41. The number of hydrogen-bond acceptors (Lipinski definition) is 5. The lowest BCUT2D eigenvalue weighted by molar-refractivity contribution is -0.140. The van der Waals surface area contributed by atoms with Crippen LogP contribution in [0.3, 0.4) is 0 Å². The second kappa shape index (κ2) is 15.5. The molecule has 15 heteroatoms. The number of benzene rings is 2. The number of nitrogens with zero attached hydrogens (tertiary/aromatic N) is 4. The number of halogens is 4. The molecule has 0 saturated carbocycles. The second-order valence-electron chi connectivity index (χ2n) is 13.5. The zero-order valence-corrected chi connectivity index (χ0v) is 28.6. The Morgan fingerprint density at radius 3 is 2.24 bits per heavy atom. The van der Waals surface area contributed by atoms with Crippen molar-refractivity contribution >= 4 is 46.9 Å². The number of piperidine rings is 3. The Hall–Kier alpha value is -4.04. The van der Waals surface area contributed by atoms with E-state index in [9.17, 15) is 32.3 Å². The summed E-state index contributed by atoms with van der Waals surface area (Å²) in [5.74, 6) is -0.735. The van der Waals surface area contributed by atoms with Crippen LogP contribution in [0.2, 0.25) is 5.02 Å². The molecule has 0 unspecified atom stereocenters. The standard InChI is InChI=1S/C35H43ClF3N7O4/c36-28-9-8-24(20-27(28)35(37,38)39)40-33(49)41-30(32(48)45-18-10-25(11-19-45)43-14-4-1-5-15-43)21-31(47)44-16-12-26(13-17-44)46-22-23-6-2-3-7-29(23)42-34(46)50/h2-3,6-9,20,25-26,30H,1,4-5,10-19,21-22H2,(H,42,50)(H2,40,41,49)/t30-/m0/s1. The normalized spacial score (nSPS) is 20.2. The van der Waals surface area contributed by atoms with Gasteiger partial charge in [-0.1, -0.05) is 36.2 Å². The van der Waals surface area contributed by atoms with E-state index >= 15 is 0 Å². The molecule has 270 valence electrons. The van der Waals surface area contributed by atoms with Crippen LogP contribution in [-0.2, 0) is 22.3 Å². The Labute approximate surface area is 294 Å². The first-order valence-electron chi connectivity index (χ1n) is 17.4. The van der Waals surface area contributed by atoms with E-state index in [0.29, 0.717) is 51.6 Å². The summed E-state index contributed by atoms with van der Waals surface area (Å²) >= 11 is 5.73. The molecule has 4 aliphatic heterocycles. The maximum atomic E-state index is 13.9. The maximum Gasteiger partial charge on any atom is 0.417 e. The van der Waals surface area contributed by atoms with Crippen LogP contribution < -0.4 is 16.0 Å². The van der Waals surface area contributed by atoms with Crippen LogP contribution >= 0.6 is 11.6 Å². The summed E-state index contributed by atoms with van der Waals surface area (Å²) in [6.07, 6.45) is 1.18. The van der Waals surface area contributed by atoms with E-state index in [1.165, 1.54) is 12.5 Å². The largest absolute Gasteiger partial charge is 0.417 e. The summed E-state index contributed by atoms with van der Waals surface area (Å²) < 4.78 is 40.3. The van der Waals surface area contributed by atoms with Crippen LogP contribution in [0.4, 0.5) is 34.1 Å². The van der Waals surface area contributed by atoms with Gasteiger partial charge in [-0.25, -0.2) is 9.59 Å². The van der Waals surface area contributed by atoms with Crippen LogP contribution in [0.25, 0.3) is 0 Å². The predicted octanol–water partition coefficient (Wildman–Crippen LogP) is 5.75. The average Bonchev–Trinajstić information content (AvgIpc) is 3.11. The number of nitrogens with one attached hydrogen (secondary N) is 3. The molecule has 3 saturated heterocycles. The minimum Gasteiger partial charge on any atom is -0.342 e. The predicted molar refractivity (Wildman–Crippen MR) is 183 cm³/mol. The van der Waals surface area contributed by atoms with Crippen molar-refractivity contribution in [2.45, 2.75) is 82.2 Å². The van der Waals surface area contributed by atoms with Gasteiger partial charge in [-0.3, -0.25) is 9.59 Å². The molecular weight excluding hydrogens is 675 g/mol. The smallest absolute Gasteiger partial charge is 0.342 e. The third-order valence-corrected chi connectivity index (χ3v) is 10.6. The first-order chi connectivity index (χ1) is 24.0. The van der Waals surface area contributed by atoms with Gasteiger partial charge >= 0.3 is 18.2 Å². The number of anilines is 2. The van der Waals surface area contributed by atoms with E-state index in [0.717, 1.165) is 62.2 Å². The van der Waals surface area contributed by atoms with Crippen molar-refractivity contribution in [1.82, 2.24) is 24.9 Å². The number of carbonyl (C=O) groups excluding carboxylic acids is 4. The van der Waals surface area contributed by atoms with Crippen LogP contribution in [0.5, 0.6) is 0 Å². The van der Waals surface area contributed by atoms with Crippen LogP contribution in [0, 0.1) is 0 Å². The van der Waals surface area contributed by atoms with Gasteiger partial charge in [0, 0.05) is 56.2 Å². The summed E-state index contributed by atoms with van der Waals surface area (Å²) in [6.45, 7) is 4.26. The summed E-state index contributed by atoms with van der Waals surface area (Å²) in [5.41, 5.74) is 0.544. The molecule has 0 bridgehead atoms. The molecule has 6 rings (SSSR count). The Bertz CT molecular complexity index is 1570. The molecule has 0 aromatic heterocycles. The molecule has 0 radical (unpaired) electrons. The quantitative estimate of drug-likeness (QED) is 0.337. The van der Waals surface area contributed by atoms with Crippen molar-refractivity contribution in [1.29, 1.82) is 0 Å². The number of rotatable bonds is 7. The number of amides is 6. The number of alkyl halides is 3. The van der Waals surface area contributed by atoms with Gasteiger partial charge in [-0.05, 0) is 81.4 Å². The minimum absolute atomic E-state index is 0.0732. The SMILES string of the molecule is O=C(Nc1ccc(Cl)c(C(F)(F)F)c1)N[C@@H](CC(=O)N1CCC(N2Cc3ccccc3NC2=O)CC1)C(=O)N1CCC(N2CCCCC2)CC1. The van der Waals surface area contributed by atoms with Gasteiger partial charge < -0.3 is 35.6 Å². The van der Waals surface area contributed by atoms with E-state index in [1.807, 2.05) is 24.3 Å². The number of hydrogen-bond donors (Lipinski definition) is 3. The van der Waals surface area contributed by atoms with Crippen molar-refractivity contribution in [3.05, 3.63) is 58.6 Å². The molecule has 4 aliphatic rings. The van der Waals surface area contributed by atoms with Crippen LogP contribution in [0.1, 0.15) is 62.5 Å². The minimum atomic E-state index is -4.73. The molecular formula is C35H43ClF3N7O4. The molecule has 3 fully saturated rings. The summed E-state index contributed by atoms with van der Waals surface area (Å²) in [7, 11) is 0. The lowest BCUT2D eigenvalue weighted by Crippen LogP contribution is -2.56. The molecule has 3 N–H and O–H groups in total. The Morgan fingerprint density at radius 2 is 1.54 bits per heavy atom. The molecule has 50 heavy (non-hydrogen) atoms. The van der Waals surface area contributed by atoms with Crippen molar-refractivity contribution in [2.24, 2.45) is 0 Å². The second-order valence-corrected chi connectivity index (χ2v) is 13.9.